The van der Waals surface area contributed by atoms with E-state index in [1.54, 1.807) is 0 Å². The first-order valence-electron chi connectivity index (χ1n) is 5.64. The third-order valence-corrected chi connectivity index (χ3v) is 4.80. The van der Waals surface area contributed by atoms with E-state index in [-0.39, 0.29) is 5.82 Å². The van der Waals surface area contributed by atoms with E-state index in [0.717, 1.165) is 0 Å². The smallest absolute Gasteiger partial charge is 0.399 e. The van der Waals surface area contributed by atoms with Crippen molar-refractivity contribution < 1.29 is 13.7 Å². The summed E-state index contributed by atoms with van der Waals surface area (Å²) < 4.78 is 25.6. The van der Waals surface area contributed by atoms with Crippen LogP contribution in [0.2, 0.25) is 5.02 Å². The molecule has 0 atom stereocenters. The third kappa shape index (κ3) is 2.33. The molecule has 0 bridgehead atoms. The van der Waals surface area contributed by atoms with Crippen LogP contribution >= 0.6 is 27.5 Å². The maximum absolute atomic E-state index is 13.4. The van der Waals surface area contributed by atoms with Crippen molar-refractivity contribution in [2.45, 2.75) is 38.9 Å². The molecule has 98 valence electrons. The summed E-state index contributed by atoms with van der Waals surface area (Å²) in [6.07, 6.45) is 0. The van der Waals surface area contributed by atoms with Crippen LogP contribution in [0.5, 0.6) is 0 Å². The minimum absolute atomic E-state index is 0.379. The first kappa shape index (κ1) is 14.3. The first-order valence-corrected chi connectivity index (χ1v) is 6.81. The van der Waals surface area contributed by atoms with Gasteiger partial charge >= 0.3 is 7.12 Å². The van der Waals surface area contributed by atoms with Crippen molar-refractivity contribution in [1.29, 1.82) is 0 Å². The maximum Gasteiger partial charge on any atom is 0.496 e. The van der Waals surface area contributed by atoms with Crippen LogP contribution in [0, 0.1) is 5.82 Å². The minimum Gasteiger partial charge on any atom is -0.399 e. The molecule has 18 heavy (non-hydrogen) atoms. The summed E-state index contributed by atoms with van der Waals surface area (Å²) in [6.45, 7) is 7.76. The first-order chi connectivity index (χ1) is 8.14. The number of hydrogen-bond acceptors (Lipinski definition) is 2. The second-order valence-corrected chi connectivity index (χ2v) is 6.61. The lowest BCUT2D eigenvalue weighted by molar-refractivity contribution is 0.00578. The van der Waals surface area contributed by atoms with Crippen LogP contribution in [0.25, 0.3) is 0 Å². The van der Waals surface area contributed by atoms with Crippen LogP contribution < -0.4 is 5.46 Å². The lowest BCUT2D eigenvalue weighted by Crippen LogP contribution is -2.41. The molecule has 0 radical (unpaired) electrons. The minimum atomic E-state index is -0.658. The van der Waals surface area contributed by atoms with Crippen molar-refractivity contribution >= 4 is 40.1 Å². The lowest BCUT2D eigenvalue weighted by atomic mass is 9.79. The molecule has 2 rings (SSSR count). The molecule has 0 saturated carbocycles. The van der Waals surface area contributed by atoms with E-state index in [1.165, 1.54) is 12.1 Å². The molecule has 0 aliphatic carbocycles. The molecule has 0 aromatic heterocycles. The van der Waals surface area contributed by atoms with Crippen molar-refractivity contribution in [3.05, 3.63) is 27.4 Å². The summed E-state index contributed by atoms with van der Waals surface area (Å²) >= 11 is 9.38. The Bertz CT molecular complexity index is 477. The Morgan fingerprint density at radius 3 is 2.17 bits per heavy atom. The molecule has 0 unspecified atom stereocenters. The van der Waals surface area contributed by atoms with E-state index in [1.807, 2.05) is 27.7 Å². The van der Waals surface area contributed by atoms with E-state index in [0.29, 0.717) is 15.0 Å². The van der Waals surface area contributed by atoms with Crippen LogP contribution in [0.15, 0.2) is 16.6 Å². The lowest BCUT2D eigenvalue weighted by Gasteiger charge is -2.32. The van der Waals surface area contributed by atoms with Gasteiger partial charge in [0.2, 0.25) is 0 Å². The Morgan fingerprint density at radius 2 is 1.67 bits per heavy atom. The highest BCUT2D eigenvalue weighted by atomic mass is 79.9. The molecule has 0 spiro atoms. The van der Waals surface area contributed by atoms with E-state index in [4.69, 9.17) is 20.9 Å². The van der Waals surface area contributed by atoms with Crippen LogP contribution in [-0.4, -0.2) is 18.3 Å². The molecule has 1 aromatic carbocycles. The molecule has 6 heteroatoms. The van der Waals surface area contributed by atoms with Gasteiger partial charge in [-0.15, -0.1) is 0 Å². The Hall–Kier alpha value is -0.0951. The van der Waals surface area contributed by atoms with E-state index < -0.39 is 18.3 Å². The van der Waals surface area contributed by atoms with E-state index in [2.05, 4.69) is 15.9 Å². The molecular weight excluding hydrogens is 321 g/mol. The summed E-state index contributed by atoms with van der Waals surface area (Å²) in [5, 5.41) is 0.412. The average molecular weight is 335 g/mol. The Morgan fingerprint density at radius 1 is 1.17 bits per heavy atom. The van der Waals surface area contributed by atoms with Gasteiger partial charge in [-0.25, -0.2) is 4.39 Å². The second-order valence-electron chi connectivity index (χ2n) is 5.38. The SMILES string of the molecule is CC1(C)OB(c2cc(F)cc(Br)c2Cl)OC1(C)C. The van der Waals surface area contributed by atoms with Crippen molar-refractivity contribution in [2.24, 2.45) is 0 Å². The average Bonchev–Trinajstić information content (AvgIpc) is 2.42. The van der Waals surface area contributed by atoms with Crippen molar-refractivity contribution in [2.75, 3.05) is 0 Å². The summed E-state index contributed by atoms with van der Waals surface area (Å²) in [5.74, 6) is -0.379. The fourth-order valence-corrected chi connectivity index (χ4v) is 2.36. The molecule has 1 fully saturated rings. The third-order valence-electron chi connectivity index (χ3n) is 3.53. The van der Waals surface area contributed by atoms with Crippen molar-refractivity contribution in [3.8, 4) is 0 Å². The molecular formula is C12H14BBrClFO2. The summed E-state index contributed by atoms with van der Waals surface area (Å²) in [7, 11) is -0.658. The summed E-state index contributed by atoms with van der Waals surface area (Å²) in [4.78, 5) is 0. The normalized spacial score (nSPS) is 21.4. The molecule has 1 heterocycles. The highest BCUT2D eigenvalue weighted by Crippen LogP contribution is 2.37. The molecule has 1 aromatic rings. The molecule has 1 saturated heterocycles. The quantitative estimate of drug-likeness (QED) is 0.577. The van der Waals surface area contributed by atoms with Crippen LogP contribution in [-0.2, 0) is 9.31 Å². The van der Waals surface area contributed by atoms with Gasteiger partial charge in [0, 0.05) is 9.94 Å². The number of benzene rings is 1. The Kier molecular flexibility index (Phi) is 3.56. The summed E-state index contributed by atoms with van der Waals surface area (Å²) in [5.41, 5.74) is -0.443. The zero-order valence-corrected chi connectivity index (χ0v) is 13.0. The standard InChI is InChI=1S/C12H14BBrClFO2/c1-11(2)12(3,4)18-13(17-11)8-5-7(16)6-9(14)10(8)15/h5-6H,1-4H3. The van der Waals surface area contributed by atoms with Gasteiger partial charge in [0.1, 0.15) is 5.82 Å². The van der Waals surface area contributed by atoms with Gasteiger partial charge in [-0.05, 0) is 55.8 Å². The number of rotatable bonds is 1. The summed E-state index contributed by atoms with van der Waals surface area (Å²) in [6, 6.07) is 2.66. The topological polar surface area (TPSA) is 18.5 Å². The zero-order chi connectivity index (χ0) is 13.7. The predicted octanol–water partition coefficient (Wildman–Crippen LogP) is 3.54. The number of halogens is 3. The van der Waals surface area contributed by atoms with Crippen molar-refractivity contribution in [3.63, 3.8) is 0 Å². The van der Waals surface area contributed by atoms with E-state index in [9.17, 15) is 4.39 Å². The molecule has 1 aliphatic heterocycles. The zero-order valence-electron chi connectivity index (χ0n) is 10.7. The highest BCUT2D eigenvalue weighted by molar-refractivity contribution is 9.10. The fourth-order valence-electron chi connectivity index (χ4n) is 1.72. The largest absolute Gasteiger partial charge is 0.496 e. The molecule has 2 nitrogen and oxygen atoms in total. The monoisotopic (exact) mass is 334 g/mol. The fraction of sp³-hybridized carbons (Fsp3) is 0.500. The van der Waals surface area contributed by atoms with Gasteiger partial charge in [-0.3, -0.25) is 0 Å². The van der Waals surface area contributed by atoms with Crippen LogP contribution in [0.3, 0.4) is 0 Å². The number of hydrogen-bond donors (Lipinski definition) is 0. The van der Waals surface area contributed by atoms with Gasteiger partial charge in [0.25, 0.3) is 0 Å². The van der Waals surface area contributed by atoms with Gasteiger partial charge in [-0.2, -0.15) is 0 Å². The predicted molar refractivity (Wildman–Crippen MR) is 74.8 cm³/mol. The maximum atomic E-state index is 13.4. The molecule has 0 N–H and O–H groups in total. The van der Waals surface area contributed by atoms with E-state index >= 15 is 0 Å². The highest BCUT2D eigenvalue weighted by Gasteiger charge is 2.52. The molecule has 0 amide bonds. The van der Waals surface area contributed by atoms with Gasteiger partial charge in [-0.1, -0.05) is 11.6 Å². The van der Waals surface area contributed by atoms with Gasteiger partial charge in [0.05, 0.1) is 16.2 Å². The Labute approximate surface area is 120 Å². The second kappa shape index (κ2) is 4.48. The Balaban J connectivity index is 2.41. The van der Waals surface area contributed by atoms with Crippen molar-refractivity contribution in [1.82, 2.24) is 0 Å². The van der Waals surface area contributed by atoms with Gasteiger partial charge < -0.3 is 9.31 Å². The van der Waals surface area contributed by atoms with Gasteiger partial charge in [0.15, 0.2) is 0 Å². The molecule has 1 aliphatic rings. The van der Waals surface area contributed by atoms with Crippen LogP contribution in [0.4, 0.5) is 4.39 Å². The van der Waals surface area contributed by atoms with Crippen LogP contribution in [0.1, 0.15) is 27.7 Å².